The molecule has 0 aliphatic rings. The number of ether oxygens (including phenoxy) is 2. The van der Waals surface area contributed by atoms with Crippen molar-refractivity contribution in [2.45, 2.75) is 25.7 Å². The summed E-state index contributed by atoms with van der Waals surface area (Å²) in [5.74, 6) is -0.228. The largest absolute Gasteiger partial charge is 0.495 e. The van der Waals surface area contributed by atoms with Crippen molar-refractivity contribution in [3.05, 3.63) is 59.3 Å². The predicted molar refractivity (Wildman–Crippen MR) is 111 cm³/mol. The Labute approximate surface area is 174 Å². The number of benzene rings is 2. The first-order chi connectivity index (χ1) is 14.2. The zero-order chi connectivity index (χ0) is 21.9. The average Bonchev–Trinajstić information content (AvgIpc) is 3.20. The Morgan fingerprint density at radius 3 is 2.53 bits per heavy atom. The number of nitrogens with one attached hydrogen (secondary N) is 1. The van der Waals surface area contributed by atoms with Crippen LogP contribution in [0.15, 0.2) is 51.9 Å². The van der Waals surface area contributed by atoms with Crippen molar-refractivity contribution in [2.75, 3.05) is 18.4 Å². The highest BCUT2D eigenvalue weighted by atomic mass is 32.2. The van der Waals surface area contributed by atoms with E-state index in [1.807, 2.05) is 19.9 Å². The highest BCUT2D eigenvalue weighted by Crippen LogP contribution is 2.32. The lowest BCUT2D eigenvalue weighted by Gasteiger charge is -2.13. The van der Waals surface area contributed by atoms with Gasteiger partial charge < -0.3 is 14.0 Å². The van der Waals surface area contributed by atoms with Crippen molar-refractivity contribution >= 4 is 21.7 Å². The monoisotopic (exact) mass is 430 g/mol. The molecule has 8 nitrogen and oxygen atoms in total. The van der Waals surface area contributed by atoms with Crippen LogP contribution in [0, 0.1) is 13.8 Å². The van der Waals surface area contributed by atoms with E-state index in [0.29, 0.717) is 11.3 Å². The fourth-order valence-electron chi connectivity index (χ4n) is 2.77. The lowest BCUT2D eigenvalue weighted by atomic mass is 10.1. The van der Waals surface area contributed by atoms with E-state index in [0.717, 1.165) is 11.1 Å². The van der Waals surface area contributed by atoms with Crippen molar-refractivity contribution in [3.63, 3.8) is 0 Å². The maximum absolute atomic E-state index is 13.0. The molecule has 0 aliphatic heterocycles. The second-order valence-corrected chi connectivity index (χ2v) is 8.22. The number of anilines is 1. The number of rotatable bonds is 7. The summed E-state index contributed by atoms with van der Waals surface area (Å²) in [5, 5.41) is 3.69. The van der Waals surface area contributed by atoms with Crippen LogP contribution in [0.4, 0.5) is 5.69 Å². The number of nitrogens with zero attached hydrogens (tertiary/aromatic N) is 1. The molecular formula is C21H22N2O6S. The van der Waals surface area contributed by atoms with E-state index in [1.165, 1.54) is 25.3 Å². The SMILES string of the molecule is CCOC(=O)c1cc(-c2ccc(OC)c(S(=O)(=O)Nc3ccc(C)c(C)c3)c2)on1. The Hall–Kier alpha value is -3.33. The Balaban J connectivity index is 1.98. The second kappa shape index (κ2) is 8.58. The number of aromatic nitrogens is 1. The van der Waals surface area contributed by atoms with Gasteiger partial charge >= 0.3 is 5.97 Å². The Morgan fingerprint density at radius 2 is 1.87 bits per heavy atom. The smallest absolute Gasteiger partial charge is 0.360 e. The number of hydrogen-bond acceptors (Lipinski definition) is 7. The van der Waals surface area contributed by atoms with Gasteiger partial charge in [0.15, 0.2) is 11.5 Å². The van der Waals surface area contributed by atoms with Crippen molar-refractivity contribution in [1.29, 1.82) is 0 Å². The van der Waals surface area contributed by atoms with Gasteiger partial charge in [0, 0.05) is 17.3 Å². The molecule has 9 heteroatoms. The minimum absolute atomic E-state index is 0.000306. The fraction of sp³-hybridized carbons (Fsp3) is 0.238. The Bertz CT molecular complexity index is 1180. The molecule has 0 saturated carbocycles. The molecule has 158 valence electrons. The third kappa shape index (κ3) is 4.46. The summed E-state index contributed by atoms with van der Waals surface area (Å²) in [6, 6.07) is 11.2. The highest BCUT2D eigenvalue weighted by Gasteiger charge is 2.23. The van der Waals surface area contributed by atoms with Crippen LogP contribution in [-0.2, 0) is 14.8 Å². The first-order valence-electron chi connectivity index (χ1n) is 9.17. The number of sulfonamides is 1. The van der Waals surface area contributed by atoms with Gasteiger partial charge in [-0.15, -0.1) is 0 Å². The molecule has 0 spiro atoms. The van der Waals surface area contributed by atoms with E-state index in [9.17, 15) is 13.2 Å². The number of methoxy groups -OCH3 is 1. The molecule has 1 heterocycles. The molecule has 30 heavy (non-hydrogen) atoms. The molecule has 0 fully saturated rings. The van der Waals surface area contributed by atoms with Crippen molar-refractivity contribution in [3.8, 4) is 17.1 Å². The molecule has 0 saturated heterocycles. The standard InChI is InChI=1S/C21H22N2O6S/c1-5-28-21(24)17-12-19(29-22-17)15-7-9-18(27-4)20(11-15)30(25,26)23-16-8-6-13(2)14(3)10-16/h6-12,23H,5H2,1-4H3. The van der Waals surface area contributed by atoms with Gasteiger partial charge in [-0.05, 0) is 62.2 Å². The van der Waals surface area contributed by atoms with Gasteiger partial charge in [0.05, 0.1) is 13.7 Å². The number of carbonyl (C=O) groups is 1. The van der Waals surface area contributed by atoms with Crippen LogP contribution in [0.3, 0.4) is 0 Å². The van der Waals surface area contributed by atoms with Gasteiger partial charge in [-0.2, -0.15) is 0 Å². The number of hydrogen-bond donors (Lipinski definition) is 1. The first kappa shape index (κ1) is 21.4. The van der Waals surface area contributed by atoms with Crippen molar-refractivity contribution in [2.24, 2.45) is 0 Å². The van der Waals surface area contributed by atoms with Crippen molar-refractivity contribution in [1.82, 2.24) is 5.16 Å². The van der Waals surface area contributed by atoms with Gasteiger partial charge in [0.1, 0.15) is 10.6 Å². The van der Waals surface area contributed by atoms with Crippen LogP contribution >= 0.6 is 0 Å². The second-order valence-electron chi connectivity index (χ2n) is 6.57. The van der Waals surface area contributed by atoms with E-state index in [2.05, 4.69) is 9.88 Å². The quantitative estimate of drug-likeness (QED) is 0.566. The fourth-order valence-corrected chi connectivity index (χ4v) is 4.01. The summed E-state index contributed by atoms with van der Waals surface area (Å²) in [6.45, 7) is 5.74. The van der Waals surface area contributed by atoms with E-state index < -0.39 is 16.0 Å². The zero-order valence-electron chi connectivity index (χ0n) is 17.1. The summed E-state index contributed by atoms with van der Waals surface area (Å²) in [6.07, 6.45) is 0. The van der Waals surface area contributed by atoms with E-state index in [4.69, 9.17) is 14.0 Å². The summed E-state index contributed by atoms with van der Waals surface area (Å²) in [5.41, 5.74) is 2.87. The van der Waals surface area contributed by atoms with Crippen molar-refractivity contribution < 1.29 is 27.2 Å². The maximum Gasteiger partial charge on any atom is 0.360 e. The Morgan fingerprint density at radius 1 is 1.10 bits per heavy atom. The number of carbonyl (C=O) groups excluding carboxylic acids is 1. The van der Waals surface area contributed by atoms with Crippen LogP contribution in [0.1, 0.15) is 28.5 Å². The molecule has 3 aromatic rings. The minimum Gasteiger partial charge on any atom is -0.495 e. The molecule has 0 bridgehead atoms. The zero-order valence-corrected chi connectivity index (χ0v) is 17.9. The van der Waals surface area contributed by atoms with Crippen LogP contribution in [-0.4, -0.2) is 33.3 Å². The van der Waals surface area contributed by atoms with E-state index in [-0.39, 0.29) is 28.7 Å². The third-order valence-corrected chi connectivity index (χ3v) is 5.89. The van der Waals surface area contributed by atoms with Crippen LogP contribution in [0.25, 0.3) is 11.3 Å². The highest BCUT2D eigenvalue weighted by molar-refractivity contribution is 7.92. The molecule has 1 aromatic heterocycles. The van der Waals surface area contributed by atoms with E-state index in [1.54, 1.807) is 25.1 Å². The Kier molecular flexibility index (Phi) is 6.12. The molecule has 0 aliphatic carbocycles. The molecule has 2 aromatic carbocycles. The number of aryl methyl sites for hydroxylation is 2. The molecule has 0 radical (unpaired) electrons. The van der Waals surface area contributed by atoms with Gasteiger partial charge in [0.25, 0.3) is 10.0 Å². The molecular weight excluding hydrogens is 408 g/mol. The molecule has 1 N–H and O–H groups in total. The van der Waals surface area contributed by atoms with E-state index >= 15 is 0 Å². The lowest BCUT2D eigenvalue weighted by molar-refractivity contribution is 0.0514. The summed E-state index contributed by atoms with van der Waals surface area (Å²) in [4.78, 5) is 11.7. The van der Waals surface area contributed by atoms with Gasteiger partial charge in [-0.3, -0.25) is 4.72 Å². The topological polar surface area (TPSA) is 108 Å². The van der Waals surface area contributed by atoms with Crippen LogP contribution < -0.4 is 9.46 Å². The third-order valence-electron chi connectivity index (χ3n) is 4.49. The lowest BCUT2D eigenvalue weighted by Crippen LogP contribution is -2.14. The normalized spacial score (nSPS) is 11.2. The summed E-state index contributed by atoms with van der Waals surface area (Å²) < 4.78 is 44.0. The predicted octanol–water partition coefficient (Wildman–Crippen LogP) is 3.94. The first-order valence-corrected chi connectivity index (χ1v) is 10.7. The van der Waals surface area contributed by atoms with Gasteiger partial charge in [-0.1, -0.05) is 11.2 Å². The summed E-state index contributed by atoms with van der Waals surface area (Å²) in [7, 11) is -2.58. The van der Waals surface area contributed by atoms with Gasteiger partial charge in [-0.25, -0.2) is 13.2 Å². The minimum atomic E-state index is -3.96. The molecule has 0 amide bonds. The van der Waals surface area contributed by atoms with Crippen LogP contribution in [0.2, 0.25) is 0 Å². The van der Waals surface area contributed by atoms with Crippen LogP contribution in [0.5, 0.6) is 5.75 Å². The number of esters is 1. The average molecular weight is 430 g/mol. The summed E-state index contributed by atoms with van der Waals surface area (Å²) >= 11 is 0. The molecule has 0 unspecified atom stereocenters. The molecule has 0 atom stereocenters. The molecule has 3 rings (SSSR count). The maximum atomic E-state index is 13.0. The van der Waals surface area contributed by atoms with Gasteiger partial charge in [0.2, 0.25) is 0 Å².